The van der Waals surface area contributed by atoms with Crippen LogP contribution in [0.15, 0.2) is 12.4 Å². The summed E-state index contributed by atoms with van der Waals surface area (Å²) in [5.74, 6) is 0.936. The monoisotopic (exact) mass is 265 g/mol. The number of aliphatic carboxylic acids is 1. The molecule has 0 spiro atoms. The molecule has 1 saturated heterocycles. The van der Waals surface area contributed by atoms with Crippen molar-refractivity contribution in [3.05, 3.63) is 12.4 Å². The lowest BCUT2D eigenvalue weighted by atomic mass is 10.3. The zero-order valence-corrected chi connectivity index (χ0v) is 11.0. The van der Waals surface area contributed by atoms with Crippen LogP contribution in [0.2, 0.25) is 0 Å². The number of hydrogen-bond acceptors (Lipinski definition) is 6. The van der Waals surface area contributed by atoms with Crippen molar-refractivity contribution in [3.63, 3.8) is 0 Å². The Hall–Kier alpha value is -1.89. The zero-order valence-electron chi connectivity index (χ0n) is 11.0. The molecule has 0 saturated carbocycles. The third-order valence-corrected chi connectivity index (χ3v) is 3.07. The lowest BCUT2D eigenvalue weighted by molar-refractivity contribution is -0.138. The fraction of sp³-hybridized carbons (Fsp3) is 0.583. The van der Waals surface area contributed by atoms with E-state index in [1.54, 1.807) is 6.33 Å². The van der Waals surface area contributed by atoms with E-state index in [1.807, 2.05) is 17.9 Å². The minimum absolute atomic E-state index is 0.111. The summed E-state index contributed by atoms with van der Waals surface area (Å²) in [6, 6.07) is 1.93. The Kier molecular flexibility index (Phi) is 4.51. The molecule has 0 bridgehead atoms. The Morgan fingerprint density at radius 1 is 1.37 bits per heavy atom. The molecule has 1 fully saturated rings. The molecule has 0 aromatic carbocycles. The van der Waals surface area contributed by atoms with Crippen molar-refractivity contribution in [2.75, 3.05) is 49.5 Å². The van der Waals surface area contributed by atoms with Gasteiger partial charge in [0.1, 0.15) is 18.0 Å². The molecule has 2 rings (SSSR count). The number of hydrogen-bond donors (Lipinski definition) is 2. The van der Waals surface area contributed by atoms with Crippen LogP contribution in [0.25, 0.3) is 0 Å². The Bertz CT molecular complexity index is 432. The minimum Gasteiger partial charge on any atom is -0.480 e. The lowest BCUT2D eigenvalue weighted by Gasteiger charge is -2.34. The van der Waals surface area contributed by atoms with Crippen LogP contribution in [0.3, 0.4) is 0 Å². The predicted molar refractivity (Wildman–Crippen MR) is 72.5 cm³/mol. The first-order chi connectivity index (χ1) is 9.19. The van der Waals surface area contributed by atoms with Crippen molar-refractivity contribution in [3.8, 4) is 0 Å². The van der Waals surface area contributed by atoms with Crippen molar-refractivity contribution in [1.29, 1.82) is 0 Å². The topological polar surface area (TPSA) is 81.6 Å². The number of carbonyl (C=O) groups is 1. The highest BCUT2D eigenvalue weighted by Crippen LogP contribution is 2.15. The quantitative estimate of drug-likeness (QED) is 0.782. The molecule has 19 heavy (non-hydrogen) atoms. The maximum atomic E-state index is 10.7. The van der Waals surface area contributed by atoms with E-state index in [1.165, 1.54) is 0 Å². The van der Waals surface area contributed by atoms with Crippen molar-refractivity contribution < 1.29 is 9.90 Å². The molecule has 0 atom stereocenters. The molecule has 0 amide bonds. The van der Waals surface area contributed by atoms with Gasteiger partial charge in [0.05, 0.1) is 6.54 Å². The van der Waals surface area contributed by atoms with E-state index in [2.05, 4.69) is 20.2 Å². The van der Waals surface area contributed by atoms with E-state index < -0.39 is 5.97 Å². The summed E-state index contributed by atoms with van der Waals surface area (Å²) >= 11 is 0. The molecule has 1 aromatic rings. The van der Waals surface area contributed by atoms with Gasteiger partial charge in [0.15, 0.2) is 0 Å². The largest absolute Gasteiger partial charge is 0.480 e. The van der Waals surface area contributed by atoms with Gasteiger partial charge < -0.3 is 15.3 Å². The number of carboxylic acid groups (broad SMARTS) is 1. The second kappa shape index (κ2) is 6.33. The smallest absolute Gasteiger partial charge is 0.317 e. The molecule has 2 heterocycles. The summed E-state index contributed by atoms with van der Waals surface area (Å²) in [5.41, 5.74) is 0. The first kappa shape index (κ1) is 13.5. The number of nitrogens with zero attached hydrogens (tertiary/aromatic N) is 4. The van der Waals surface area contributed by atoms with Crippen LogP contribution in [-0.2, 0) is 4.79 Å². The summed E-state index contributed by atoms with van der Waals surface area (Å²) in [7, 11) is 0. The average molecular weight is 265 g/mol. The molecule has 0 radical (unpaired) electrons. The minimum atomic E-state index is -0.773. The molecule has 7 heteroatoms. The first-order valence-electron chi connectivity index (χ1n) is 6.44. The van der Waals surface area contributed by atoms with Gasteiger partial charge in [-0.1, -0.05) is 0 Å². The second-order valence-corrected chi connectivity index (χ2v) is 4.45. The van der Waals surface area contributed by atoms with E-state index in [-0.39, 0.29) is 6.54 Å². The summed E-state index contributed by atoms with van der Waals surface area (Å²) in [6.07, 6.45) is 1.55. The van der Waals surface area contributed by atoms with Crippen molar-refractivity contribution in [2.45, 2.75) is 6.92 Å². The molecule has 7 nitrogen and oxygen atoms in total. The Labute approximate surface area is 112 Å². The van der Waals surface area contributed by atoms with Crippen LogP contribution in [0.4, 0.5) is 11.6 Å². The van der Waals surface area contributed by atoms with Crippen molar-refractivity contribution >= 4 is 17.6 Å². The van der Waals surface area contributed by atoms with Gasteiger partial charge in [-0.15, -0.1) is 0 Å². The fourth-order valence-electron chi connectivity index (χ4n) is 2.12. The highest BCUT2D eigenvalue weighted by Gasteiger charge is 2.19. The van der Waals surface area contributed by atoms with E-state index >= 15 is 0 Å². The molecule has 1 aliphatic heterocycles. The molecular weight excluding hydrogens is 246 g/mol. The summed E-state index contributed by atoms with van der Waals surface area (Å²) in [5, 5.41) is 11.9. The standard InChI is InChI=1S/C12H19N5O2/c1-2-13-10-7-11(15-9-14-10)17-5-3-16(4-6-17)8-12(18)19/h7,9H,2-6,8H2,1H3,(H,18,19)(H,13,14,15). The summed E-state index contributed by atoms with van der Waals surface area (Å²) in [6.45, 7) is 6.01. The summed E-state index contributed by atoms with van der Waals surface area (Å²) < 4.78 is 0. The molecular formula is C12H19N5O2. The van der Waals surface area contributed by atoms with Crippen molar-refractivity contribution in [1.82, 2.24) is 14.9 Å². The number of carboxylic acids is 1. The zero-order chi connectivity index (χ0) is 13.7. The number of anilines is 2. The summed E-state index contributed by atoms with van der Waals surface area (Å²) in [4.78, 5) is 23.2. The van der Waals surface area contributed by atoms with Crippen molar-refractivity contribution in [2.24, 2.45) is 0 Å². The van der Waals surface area contributed by atoms with Crippen LogP contribution < -0.4 is 10.2 Å². The molecule has 0 unspecified atom stereocenters. The van der Waals surface area contributed by atoms with Crippen LogP contribution >= 0.6 is 0 Å². The van der Waals surface area contributed by atoms with Gasteiger partial charge in [-0.3, -0.25) is 9.69 Å². The van der Waals surface area contributed by atoms with E-state index in [0.717, 1.165) is 44.4 Å². The maximum Gasteiger partial charge on any atom is 0.317 e. The number of nitrogens with one attached hydrogen (secondary N) is 1. The van der Waals surface area contributed by atoms with Gasteiger partial charge in [-0.05, 0) is 6.92 Å². The SMILES string of the molecule is CCNc1cc(N2CCN(CC(=O)O)CC2)ncn1. The van der Waals surface area contributed by atoms with Crippen LogP contribution in [0.5, 0.6) is 0 Å². The highest BCUT2D eigenvalue weighted by molar-refractivity contribution is 5.69. The Morgan fingerprint density at radius 2 is 2.11 bits per heavy atom. The predicted octanol–water partition coefficient (Wildman–Crippen LogP) is 0.115. The second-order valence-electron chi connectivity index (χ2n) is 4.45. The molecule has 0 aliphatic carbocycles. The van der Waals surface area contributed by atoms with E-state index in [4.69, 9.17) is 5.11 Å². The number of rotatable bonds is 5. The number of aromatic nitrogens is 2. The molecule has 1 aromatic heterocycles. The maximum absolute atomic E-state index is 10.7. The third-order valence-electron chi connectivity index (χ3n) is 3.07. The van der Waals surface area contributed by atoms with Crippen LogP contribution in [0, 0.1) is 0 Å². The van der Waals surface area contributed by atoms with E-state index in [0.29, 0.717) is 0 Å². The highest BCUT2D eigenvalue weighted by atomic mass is 16.4. The van der Waals surface area contributed by atoms with Crippen LogP contribution in [0.1, 0.15) is 6.92 Å². The van der Waals surface area contributed by atoms with E-state index in [9.17, 15) is 4.79 Å². The van der Waals surface area contributed by atoms with Gasteiger partial charge in [0, 0.05) is 38.8 Å². The average Bonchev–Trinajstić information content (AvgIpc) is 2.40. The van der Waals surface area contributed by atoms with Gasteiger partial charge in [0.2, 0.25) is 0 Å². The third kappa shape index (κ3) is 3.78. The molecule has 104 valence electrons. The number of piperazine rings is 1. The Morgan fingerprint density at radius 3 is 2.74 bits per heavy atom. The van der Waals surface area contributed by atoms with Crippen LogP contribution in [-0.4, -0.2) is 65.2 Å². The fourth-order valence-corrected chi connectivity index (χ4v) is 2.12. The van der Waals surface area contributed by atoms with Gasteiger partial charge in [0.25, 0.3) is 0 Å². The lowest BCUT2D eigenvalue weighted by Crippen LogP contribution is -2.48. The van der Waals surface area contributed by atoms with Gasteiger partial charge in [-0.2, -0.15) is 0 Å². The Balaban J connectivity index is 1.93. The van der Waals surface area contributed by atoms with Gasteiger partial charge >= 0.3 is 5.97 Å². The normalized spacial score (nSPS) is 16.4. The first-order valence-corrected chi connectivity index (χ1v) is 6.44. The molecule has 1 aliphatic rings. The molecule has 2 N–H and O–H groups in total. The van der Waals surface area contributed by atoms with Gasteiger partial charge in [-0.25, -0.2) is 9.97 Å².